The Morgan fingerprint density at radius 3 is 2.31 bits per heavy atom. The van der Waals surface area contributed by atoms with Crippen LogP contribution >= 0.6 is 0 Å². The third-order valence-electron chi connectivity index (χ3n) is 2.92. The fraction of sp³-hybridized carbons (Fsp3) is 1.00. The second kappa shape index (κ2) is 11.4. The lowest BCUT2D eigenvalue weighted by molar-refractivity contribution is 0.122. The van der Waals surface area contributed by atoms with Crippen LogP contribution in [0.15, 0.2) is 0 Å². The van der Waals surface area contributed by atoms with Crippen molar-refractivity contribution in [3.63, 3.8) is 0 Å². The molecule has 0 aliphatic heterocycles. The lowest BCUT2D eigenvalue weighted by atomic mass is 9.96. The molecule has 2 atom stereocenters. The number of ether oxygens (including phenoxy) is 1. The van der Waals surface area contributed by atoms with E-state index >= 15 is 0 Å². The zero-order valence-electron chi connectivity index (χ0n) is 11.7. The van der Waals surface area contributed by atoms with Gasteiger partial charge < -0.3 is 10.1 Å². The van der Waals surface area contributed by atoms with E-state index in [1.807, 2.05) is 0 Å². The lowest BCUT2D eigenvalue weighted by Gasteiger charge is -2.21. The highest BCUT2D eigenvalue weighted by Gasteiger charge is 2.11. The molecule has 0 amide bonds. The monoisotopic (exact) mass is 229 g/mol. The predicted molar refractivity (Wildman–Crippen MR) is 71.9 cm³/mol. The van der Waals surface area contributed by atoms with Crippen molar-refractivity contribution in [2.75, 3.05) is 19.8 Å². The summed E-state index contributed by atoms with van der Waals surface area (Å²) in [7, 11) is 0. The molecule has 16 heavy (non-hydrogen) atoms. The van der Waals surface area contributed by atoms with Gasteiger partial charge in [-0.05, 0) is 31.7 Å². The Morgan fingerprint density at radius 1 is 1.00 bits per heavy atom. The molecule has 0 aromatic rings. The van der Waals surface area contributed by atoms with Crippen molar-refractivity contribution in [1.29, 1.82) is 0 Å². The summed E-state index contributed by atoms with van der Waals surface area (Å²) in [6.07, 6.45) is 6.21. The molecule has 0 heterocycles. The largest absolute Gasteiger partial charge is 0.381 e. The van der Waals surface area contributed by atoms with Crippen LogP contribution in [0, 0.1) is 5.92 Å². The van der Waals surface area contributed by atoms with Gasteiger partial charge in [-0.1, -0.05) is 40.5 Å². The minimum absolute atomic E-state index is 0.642. The molecule has 0 saturated heterocycles. The number of hydrogen-bond donors (Lipinski definition) is 1. The van der Waals surface area contributed by atoms with Crippen molar-refractivity contribution in [2.45, 2.75) is 65.8 Å². The molecule has 0 aromatic carbocycles. The van der Waals surface area contributed by atoms with E-state index in [0.717, 1.165) is 38.5 Å². The Kier molecular flexibility index (Phi) is 11.3. The van der Waals surface area contributed by atoms with Gasteiger partial charge in [-0.2, -0.15) is 0 Å². The van der Waals surface area contributed by atoms with Crippen LogP contribution in [0.3, 0.4) is 0 Å². The SMILES string of the molecule is CCCOCCC(CC(C)CCC)NCC. The van der Waals surface area contributed by atoms with Gasteiger partial charge in [0.2, 0.25) is 0 Å². The molecular formula is C14H31NO. The number of rotatable bonds is 11. The van der Waals surface area contributed by atoms with Crippen molar-refractivity contribution in [3.8, 4) is 0 Å². The van der Waals surface area contributed by atoms with Gasteiger partial charge in [0.15, 0.2) is 0 Å². The fourth-order valence-electron chi connectivity index (χ4n) is 2.16. The highest BCUT2D eigenvalue weighted by Crippen LogP contribution is 2.14. The zero-order valence-corrected chi connectivity index (χ0v) is 11.7. The van der Waals surface area contributed by atoms with E-state index in [-0.39, 0.29) is 0 Å². The van der Waals surface area contributed by atoms with E-state index in [0.29, 0.717) is 6.04 Å². The van der Waals surface area contributed by atoms with Crippen LogP contribution in [0.2, 0.25) is 0 Å². The number of hydrogen-bond acceptors (Lipinski definition) is 2. The first-order valence-corrected chi connectivity index (χ1v) is 7.05. The molecule has 98 valence electrons. The topological polar surface area (TPSA) is 21.3 Å². The Morgan fingerprint density at radius 2 is 1.75 bits per heavy atom. The van der Waals surface area contributed by atoms with Gasteiger partial charge >= 0.3 is 0 Å². The normalized spacial score (nSPS) is 15.0. The lowest BCUT2D eigenvalue weighted by Crippen LogP contribution is -2.31. The third kappa shape index (κ3) is 9.17. The van der Waals surface area contributed by atoms with Crippen LogP contribution in [0.5, 0.6) is 0 Å². The predicted octanol–water partition coefficient (Wildman–Crippen LogP) is 3.61. The molecule has 2 nitrogen and oxygen atoms in total. The van der Waals surface area contributed by atoms with Crippen LogP contribution in [0.25, 0.3) is 0 Å². The molecule has 0 rings (SSSR count). The molecule has 0 fully saturated rings. The summed E-state index contributed by atoms with van der Waals surface area (Å²) in [6.45, 7) is 11.9. The average Bonchev–Trinajstić information content (AvgIpc) is 2.25. The van der Waals surface area contributed by atoms with Crippen LogP contribution in [0.1, 0.15) is 59.8 Å². The van der Waals surface area contributed by atoms with E-state index < -0.39 is 0 Å². The van der Waals surface area contributed by atoms with Crippen LogP contribution in [0.4, 0.5) is 0 Å². The summed E-state index contributed by atoms with van der Waals surface area (Å²) in [6, 6.07) is 0.642. The summed E-state index contributed by atoms with van der Waals surface area (Å²) in [5.41, 5.74) is 0. The summed E-state index contributed by atoms with van der Waals surface area (Å²) in [5.74, 6) is 0.834. The van der Waals surface area contributed by atoms with Gasteiger partial charge in [-0.25, -0.2) is 0 Å². The van der Waals surface area contributed by atoms with E-state index in [2.05, 4.69) is 33.0 Å². The van der Waals surface area contributed by atoms with Gasteiger partial charge in [0.1, 0.15) is 0 Å². The van der Waals surface area contributed by atoms with E-state index in [1.54, 1.807) is 0 Å². The molecule has 0 saturated carbocycles. The second-order valence-corrected chi connectivity index (χ2v) is 4.79. The van der Waals surface area contributed by atoms with Crippen molar-refractivity contribution >= 4 is 0 Å². The Bertz CT molecular complexity index is 139. The quantitative estimate of drug-likeness (QED) is 0.547. The molecule has 0 aromatic heterocycles. The van der Waals surface area contributed by atoms with Crippen molar-refractivity contribution in [1.82, 2.24) is 5.32 Å². The van der Waals surface area contributed by atoms with Crippen LogP contribution in [-0.2, 0) is 4.74 Å². The van der Waals surface area contributed by atoms with Gasteiger partial charge in [0, 0.05) is 19.3 Å². The molecule has 0 bridgehead atoms. The maximum absolute atomic E-state index is 5.56. The Hall–Kier alpha value is -0.0800. The minimum atomic E-state index is 0.642. The molecule has 2 unspecified atom stereocenters. The summed E-state index contributed by atoms with van der Waals surface area (Å²) >= 11 is 0. The molecule has 0 aliphatic carbocycles. The van der Waals surface area contributed by atoms with Gasteiger partial charge in [-0.15, -0.1) is 0 Å². The highest BCUT2D eigenvalue weighted by molar-refractivity contribution is 4.69. The van der Waals surface area contributed by atoms with E-state index in [9.17, 15) is 0 Å². The average molecular weight is 229 g/mol. The van der Waals surface area contributed by atoms with Gasteiger partial charge in [-0.3, -0.25) is 0 Å². The number of nitrogens with one attached hydrogen (secondary N) is 1. The first-order chi connectivity index (χ1) is 7.74. The van der Waals surface area contributed by atoms with Crippen molar-refractivity contribution in [2.24, 2.45) is 5.92 Å². The maximum atomic E-state index is 5.56. The third-order valence-corrected chi connectivity index (χ3v) is 2.92. The zero-order chi connectivity index (χ0) is 12.2. The standard InChI is InChI=1S/C14H31NO/c1-5-8-13(4)12-14(15-7-3)9-11-16-10-6-2/h13-15H,5-12H2,1-4H3. The van der Waals surface area contributed by atoms with E-state index in [1.165, 1.54) is 19.3 Å². The summed E-state index contributed by atoms with van der Waals surface area (Å²) < 4.78 is 5.56. The first-order valence-electron chi connectivity index (χ1n) is 7.05. The molecule has 1 N–H and O–H groups in total. The van der Waals surface area contributed by atoms with Crippen LogP contribution in [-0.4, -0.2) is 25.8 Å². The molecule has 0 spiro atoms. The smallest absolute Gasteiger partial charge is 0.0480 e. The van der Waals surface area contributed by atoms with Crippen molar-refractivity contribution in [3.05, 3.63) is 0 Å². The first kappa shape index (κ1) is 15.9. The van der Waals surface area contributed by atoms with Crippen molar-refractivity contribution < 1.29 is 4.74 Å². The summed E-state index contributed by atoms with van der Waals surface area (Å²) in [5, 5.41) is 3.57. The van der Waals surface area contributed by atoms with E-state index in [4.69, 9.17) is 4.74 Å². The molecule has 2 heteroatoms. The summed E-state index contributed by atoms with van der Waals surface area (Å²) in [4.78, 5) is 0. The van der Waals surface area contributed by atoms with Gasteiger partial charge in [0.25, 0.3) is 0 Å². The Balaban J connectivity index is 3.68. The minimum Gasteiger partial charge on any atom is -0.381 e. The van der Waals surface area contributed by atoms with Gasteiger partial charge in [0.05, 0.1) is 0 Å². The maximum Gasteiger partial charge on any atom is 0.0480 e. The molecular weight excluding hydrogens is 198 g/mol. The molecule has 0 aliphatic rings. The molecule has 0 radical (unpaired) electrons. The highest BCUT2D eigenvalue weighted by atomic mass is 16.5. The second-order valence-electron chi connectivity index (χ2n) is 4.79. The Labute approximate surface area is 102 Å². The fourth-order valence-corrected chi connectivity index (χ4v) is 2.16. The van der Waals surface area contributed by atoms with Crippen LogP contribution < -0.4 is 5.32 Å².